The molecule has 0 aliphatic carbocycles. The van der Waals surface area contributed by atoms with E-state index >= 15 is 0 Å². The van der Waals surface area contributed by atoms with Gasteiger partial charge >= 0.3 is 0 Å². The minimum Gasteiger partial charge on any atom is -0.462 e. The maximum Gasteiger partial charge on any atom is 0.269 e. The molecule has 3 N–H and O–H groups in total. The van der Waals surface area contributed by atoms with Gasteiger partial charge in [0.2, 0.25) is 6.29 Å². The number of aliphatic hydroxyl groups is 3. The van der Waals surface area contributed by atoms with Gasteiger partial charge in [-0.15, -0.1) is 0 Å². The summed E-state index contributed by atoms with van der Waals surface area (Å²) in [7, 11) is 0. The summed E-state index contributed by atoms with van der Waals surface area (Å²) in [5, 5.41) is 38.5. The van der Waals surface area contributed by atoms with Gasteiger partial charge in [-0.2, -0.15) is 0 Å². The Balaban J connectivity index is 2.03. The fourth-order valence-electron chi connectivity index (χ4n) is 1.74. The van der Waals surface area contributed by atoms with Gasteiger partial charge in [-0.3, -0.25) is 10.1 Å². The fourth-order valence-corrected chi connectivity index (χ4v) is 1.74. The quantitative estimate of drug-likeness (QED) is 0.494. The molecule has 0 spiro atoms. The van der Waals surface area contributed by atoms with Crippen molar-refractivity contribution in [1.29, 1.82) is 0 Å². The molecule has 1 aromatic carbocycles. The van der Waals surface area contributed by atoms with Gasteiger partial charge in [0.1, 0.15) is 24.1 Å². The molecular weight excluding hydrogens is 258 g/mol. The summed E-state index contributed by atoms with van der Waals surface area (Å²) < 4.78 is 10.4. The zero-order valence-electron chi connectivity index (χ0n) is 9.75. The van der Waals surface area contributed by atoms with Gasteiger partial charge in [-0.25, -0.2) is 0 Å². The first-order chi connectivity index (χ1) is 9.02. The highest BCUT2D eigenvalue weighted by Crippen LogP contribution is 2.25. The Kier molecular flexibility index (Phi) is 3.96. The minimum absolute atomic E-state index is 0.0893. The predicted octanol–water partition coefficient (Wildman–Crippen LogP) is -0.587. The highest BCUT2D eigenvalue weighted by atomic mass is 16.7. The van der Waals surface area contributed by atoms with Crippen molar-refractivity contribution in [1.82, 2.24) is 0 Å². The van der Waals surface area contributed by atoms with Crippen molar-refractivity contribution >= 4 is 5.69 Å². The monoisotopic (exact) mass is 271 g/mol. The van der Waals surface area contributed by atoms with E-state index in [1.807, 2.05) is 0 Å². The van der Waals surface area contributed by atoms with Gasteiger partial charge < -0.3 is 24.8 Å². The molecule has 0 saturated carbocycles. The molecule has 104 valence electrons. The molecule has 19 heavy (non-hydrogen) atoms. The Morgan fingerprint density at radius 2 is 1.89 bits per heavy atom. The average molecular weight is 271 g/mol. The molecule has 1 fully saturated rings. The van der Waals surface area contributed by atoms with Crippen LogP contribution in [0.3, 0.4) is 0 Å². The van der Waals surface area contributed by atoms with E-state index in [0.717, 1.165) is 0 Å². The second-order valence-electron chi connectivity index (χ2n) is 4.08. The summed E-state index contributed by atoms with van der Waals surface area (Å²) in [6.45, 7) is -0.446. The van der Waals surface area contributed by atoms with Crippen LogP contribution in [0.15, 0.2) is 24.3 Å². The molecule has 0 bridgehead atoms. The van der Waals surface area contributed by atoms with Crippen molar-refractivity contribution in [3.63, 3.8) is 0 Å². The molecule has 1 saturated heterocycles. The lowest BCUT2D eigenvalue weighted by molar-refractivity contribution is -0.384. The highest BCUT2D eigenvalue weighted by Gasteiger charge is 2.43. The van der Waals surface area contributed by atoms with Crippen molar-refractivity contribution in [2.45, 2.75) is 24.6 Å². The molecule has 0 unspecified atom stereocenters. The van der Waals surface area contributed by atoms with E-state index in [4.69, 9.17) is 14.6 Å². The number of nitrogens with zero attached hydrogens (tertiary/aromatic N) is 1. The molecule has 1 aliphatic rings. The van der Waals surface area contributed by atoms with Gasteiger partial charge in [0.05, 0.1) is 11.5 Å². The van der Waals surface area contributed by atoms with E-state index in [1.165, 1.54) is 24.3 Å². The maximum absolute atomic E-state index is 10.5. The van der Waals surface area contributed by atoms with Crippen LogP contribution < -0.4 is 4.74 Å². The van der Waals surface area contributed by atoms with E-state index in [-0.39, 0.29) is 11.4 Å². The number of ether oxygens (including phenoxy) is 2. The van der Waals surface area contributed by atoms with Gasteiger partial charge in [-0.05, 0) is 12.1 Å². The lowest BCUT2D eigenvalue weighted by atomic mass is 10.1. The predicted molar refractivity (Wildman–Crippen MR) is 61.5 cm³/mol. The summed E-state index contributed by atoms with van der Waals surface area (Å²) in [6.07, 6.45) is -4.59. The molecule has 8 heteroatoms. The minimum atomic E-state index is -1.30. The standard InChI is InChI=1S/C11H13NO7/c13-5-8-9(14)10(15)11(19-8)18-7-3-1-6(2-4-7)12(16)17/h1-4,8-11,13-15H,5H2/t8-,9+,10-,11+/m1/s1. The van der Waals surface area contributed by atoms with Crippen LogP contribution in [0.4, 0.5) is 5.69 Å². The number of hydrogen-bond acceptors (Lipinski definition) is 7. The third-order valence-corrected chi connectivity index (χ3v) is 2.80. The first-order valence-electron chi connectivity index (χ1n) is 5.56. The summed E-state index contributed by atoms with van der Waals surface area (Å²) in [6, 6.07) is 5.20. The van der Waals surface area contributed by atoms with Crippen molar-refractivity contribution < 1.29 is 29.7 Å². The van der Waals surface area contributed by atoms with Crippen molar-refractivity contribution in [3.05, 3.63) is 34.4 Å². The zero-order valence-corrected chi connectivity index (χ0v) is 9.75. The van der Waals surface area contributed by atoms with Crippen LogP contribution in [0.25, 0.3) is 0 Å². The lowest BCUT2D eigenvalue weighted by Gasteiger charge is -2.16. The van der Waals surface area contributed by atoms with Crippen LogP contribution in [0.5, 0.6) is 5.75 Å². The third kappa shape index (κ3) is 2.82. The highest BCUT2D eigenvalue weighted by molar-refractivity contribution is 5.36. The van der Waals surface area contributed by atoms with Crippen molar-refractivity contribution in [2.75, 3.05) is 6.61 Å². The molecule has 2 rings (SSSR count). The first kappa shape index (κ1) is 13.7. The Bertz CT molecular complexity index is 449. The van der Waals surface area contributed by atoms with Crippen LogP contribution in [0.1, 0.15) is 0 Å². The van der Waals surface area contributed by atoms with Crippen LogP contribution >= 0.6 is 0 Å². The summed E-state index contributed by atoms with van der Waals surface area (Å²) in [4.78, 5) is 9.93. The molecule has 1 aromatic rings. The normalized spacial score (nSPS) is 30.3. The molecule has 0 aromatic heterocycles. The number of nitro groups is 1. The van der Waals surface area contributed by atoms with Crippen molar-refractivity contribution in [3.8, 4) is 5.75 Å². The molecule has 1 aliphatic heterocycles. The van der Waals surface area contributed by atoms with Gasteiger partial charge in [0, 0.05) is 12.1 Å². The van der Waals surface area contributed by atoms with E-state index in [9.17, 15) is 20.3 Å². The Labute approximate surface area is 108 Å². The van der Waals surface area contributed by atoms with E-state index in [2.05, 4.69) is 0 Å². The lowest BCUT2D eigenvalue weighted by Crippen LogP contribution is -2.35. The van der Waals surface area contributed by atoms with E-state index < -0.39 is 36.1 Å². The van der Waals surface area contributed by atoms with Gasteiger partial charge in [-0.1, -0.05) is 0 Å². The number of rotatable bonds is 4. The molecule has 8 nitrogen and oxygen atoms in total. The molecule has 1 heterocycles. The van der Waals surface area contributed by atoms with Crippen LogP contribution in [-0.4, -0.2) is 51.5 Å². The van der Waals surface area contributed by atoms with Crippen molar-refractivity contribution in [2.24, 2.45) is 0 Å². The number of benzene rings is 1. The maximum atomic E-state index is 10.5. The number of hydrogen-bond donors (Lipinski definition) is 3. The molecule has 0 amide bonds. The second-order valence-corrected chi connectivity index (χ2v) is 4.08. The summed E-state index contributed by atoms with van der Waals surface area (Å²) >= 11 is 0. The number of aliphatic hydroxyl groups excluding tert-OH is 3. The third-order valence-electron chi connectivity index (χ3n) is 2.80. The largest absolute Gasteiger partial charge is 0.462 e. The summed E-state index contributed by atoms with van der Waals surface area (Å²) in [5.74, 6) is 0.250. The zero-order chi connectivity index (χ0) is 14.0. The first-order valence-corrected chi connectivity index (χ1v) is 5.56. The Morgan fingerprint density at radius 3 is 2.37 bits per heavy atom. The molecule has 4 atom stereocenters. The van der Waals surface area contributed by atoms with Crippen LogP contribution in [0.2, 0.25) is 0 Å². The Morgan fingerprint density at radius 1 is 1.26 bits per heavy atom. The topological polar surface area (TPSA) is 122 Å². The smallest absolute Gasteiger partial charge is 0.269 e. The second kappa shape index (κ2) is 5.49. The SMILES string of the molecule is O=[N+]([O-])c1ccc(O[C@H]2O[C@H](CO)[C@H](O)[C@H]2O)cc1. The molecule has 0 radical (unpaired) electrons. The van der Waals surface area contributed by atoms with Crippen LogP contribution in [-0.2, 0) is 4.74 Å². The van der Waals surface area contributed by atoms with Crippen LogP contribution in [0, 0.1) is 10.1 Å². The average Bonchev–Trinajstić information content (AvgIpc) is 2.67. The number of non-ortho nitro benzene ring substituents is 1. The summed E-state index contributed by atoms with van der Waals surface area (Å²) in [5.41, 5.74) is -0.0893. The van der Waals surface area contributed by atoms with Gasteiger partial charge in [0.15, 0.2) is 0 Å². The van der Waals surface area contributed by atoms with E-state index in [0.29, 0.717) is 0 Å². The van der Waals surface area contributed by atoms with Gasteiger partial charge in [0.25, 0.3) is 5.69 Å². The Hall–Kier alpha value is -1.74. The molecular formula is C11H13NO7. The number of nitro benzene ring substituents is 1. The van der Waals surface area contributed by atoms with E-state index in [1.54, 1.807) is 0 Å². The fraction of sp³-hybridized carbons (Fsp3) is 0.455.